The summed E-state index contributed by atoms with van der Waals surface area (Å²) in [6, 6.07) is 11.6. The molecule has 0 spiro atoms. The number of halogens is 1. The van der Waals surface area contributed by atoms with Crippen LogP contribution in [-0.4, -0.2) is 33.9 Å². The first-order valence-corrected chi connectivity index (χ1v) is 8.44. The maximum atomic E-state index is 13.8. The molecule has 0 bridgehead atoms. The lowest BCUT2D eigenvalue weighted by molar-refractivity contribution is 0.0782. The van der Waals surface area contributed by atoms with E-state index in [0.717, 1.165) is 29.9 Å². The molecular weight excluding hydrogens is 317 g/mol. The molecule has 25 heavy (non-hydrogen) atoms. The van der Waals surface area contributed by atoms with E-state index in [4.69, 9.17) is 0 Å². The van der Waals surface area contributed by atoms with E-state index < -0.39 is 5.82 Å². The summed E-state index contributed by atoms with van der Waals surface area (Å²) in [5.41, 5.74) is 2.34. The topological polar surface area (TPSA) is 46.1 Å². The number of nitrogens with zero attached hydrogens (tertiary/aromatic N) is 3. The van der Waals surface area contributed by atoms with Gasteiger partial charge in [0.15, 0.2) is 5.82 Å². The summed E-state index contributed by atoms with van der Waals surface area (Å²) >= 11 is 0. The van der Waals surface area contributed by atoms with E-state index in [9.17, 15) is 9.18 Å². The van der Waals surface area contributed by atoms with E-state index in [1.165, 1.54) is 17.8 Å². The Morgan fingerprint density at radius 2 is 2.08 bits per heavy atom. The molecule has 1 unspecified atom stereocenters. The molecule has 1 amide bonds. The van der Waals surface area contributed by atoms with E-state index >= 15 is 0 Å². The van der Waals surface area contributed by atoms with Crippen molar-refractivity contribution < 1.29 is 9.18 Å². The van der Waals surface area contributed by atoms with Crippen LogP contribution >= 0.6 is 0 Å². The van der Waals surface area contributed by atoms with Crippen molar-refractivity contribution in [2.45, 2.75) is 12.8 Å². The van der Waals surface area contributed by atoms with E-state index in [2.05, 4.69) is 22.1 Å². The molecule has 1 aliphatic rings. The van der Waals surface area contributed by atoms with Crippen molar-refractivity contribution in [2.24, 2.45) is 5.92 Å². The van der Waals surface area contributed by atoms with Crippen LogP contribution < -0.4 is 0 Å². The van der Waals surface area contributed by atoms with Gasteiger partial charge in [0, 0.05) is 30.9 Å². The molecule has 126 valence electrons. The Morgan fingerprint density at radius 1 is 1.20 bits per heavy atom. The summed E-state index contributed by atoms with van der Waals surface area (Å²) in [6.07, 6.45) is 6.19. The first-order valence-electron chi connectivity index (χ1n) is 8.44. The van der Waals surface area contributed by atoms with Gasteiger partial charge in [-0.1, -0.05) is 18.2 Å². The molecule has 0 N–H and O–H groups in total. The second kappa shape index (κ2) is 6.59. The maximum absolute atomic E-state index is 13.8. The number of fused-ring (bicyclic) bond motifs is 1. The highest BCUT2D eigenvalue weighted by Gasteiger charge is 2.28. The van der Waals surface area contributed by atoms with Gasteiger partial charge in [0.1, 0.15) is 0 Å². The molecule has 1 saturated heterocycles. The molecule has 0 saturated carbocycles. The molecule has 2 aromatic heterocycles. The van der Waals surface area contributed by atoms with Gasteiger partial charge in [-0.25, -0.2) is 4.39 Å². The van der Waals surface area contributed by atoms with Crippen LogP contribution in [-0.2, 0) is 6.42 Å². The number of carbonyl (C=O) groups is 1. The molecule has 3 aromatic rings. The molecule has 1 atom stereocenters. The van der Waals surface area contributed by atoms with Gasteiger partial charge in [-0.05, 0) is 42.5 Å². The Morgan fingerprint density at radius 3 is 2.96 bits per heavy atom. The number of hydrogen-bond donors (Lipinski definition) is 0. The molecule has 1 aliphatic heterocycles. The number of para-hydroxylation sites is 1. The van der Waals surface area contributed by atoms with Crippen LogP contribution in [0.3, 0.4) is 0 Å². The highest BCUT2D eigenvalue weighted by molar-refractivity contribution is 5.94. The molecule has 4 nitrogen and oxygen atoms in total. The third-order valence-electron chi connectivity index (χ3n) is 4.82. The van der Waals surface area contributed by atoms with Crippen molar-refractivity contribution in [3.63, 3.8) is 0 Å². The highest BCUT2D eigenvalue weighted by atomic mass is 19.1. The largest absolute Gasteiger partial charge is 0.338 e. The Bertz CT molecular complexity index is 922. The lowest BCUT2D eigenvalue weighted by Crippen LogP contribution is -2.29. The minimum Gasteiger partial charge on any atom is -0.338 e. The van der Waals surface area contributed by atoms with Gasteiger partial charge >= 0.3 is 0 Å². The second-order valence-corrected chi connectivity index (χ2v) is 6.45. The molecule has 3 heterocycles. The standard InChI is InChI=1S/C20H18FN3O/c21-18-12-22-8-6-17(18)20(25)24-10-7-14(13-24)11-15-5-9-23-19-4-2-1-3-16(15)19/h1-6,8-9,12,14H,7,10-11,13H2. The van der Waals surface area contributed by atoms with Crippen LogP contribution in [0.15, 0.2) is 55.0 Å². The molecule has 0 radical (unpaired) electrons. The third kappa shape index (κ3) is 3.09. The number of amides is 1. The minimum atomic E-state index is -0.559. The normalized spacial score (nSPS) is 17.2. The quantitative estimate of drug-likeness (QED) is 0.736. The Balaban J connectivity index is 1.49. The van der Waals surface area contributed by atoms with Crippen LogP contribution in [0.4, 0.5) is 4.39 Å². The monoisotopic (exact) mass is 335 g/mol. The van der Waals surface area contributed by atoms with Gasteiger partial charge in [0.05, 0.1) is 17.3 Å². The maximum Gasteiger partial charge on any atom is 0.256 e. The first kappa shape index (κ1) is 15.7. The SMILES string of the molecule is O=C(c1ccncc1F)N1CCC(Cc2ccnc3ccccc23)C1. The number of pyridine rings is 2. The summed E-state index contributed by atoms with van der Waals surface area (Å²) in [7, 11) is 0. The summed E-state index contributed by atoms with van der Waals surface area (Å²) in [5, 5.41) is 1.16. The number of rotatable bonds is 3. The van der Waals surface area contributed by atoms with Gasteiger partial charge in [-0.15, -0.1) is 0 Å². The van der Waals surface area contributed by atoms with Gasteiger partial charge in [0.2, 0.25) is 0 Å². The van der Waals surface area contributed by atoms with Gasteiger partial charge in [-0.2, -0.15) is 0 Å². The lowest BCUT2D eigenvalue weighted by Gasteiger charge is -2.17. The summed E-state index contributed by atoms with van der Waals surface area (Å²) < 4.78 is 13.8. The molecule has 1 fully saturated rings. The van der Waals surface area contributed by atoms with Crippen molar-refractivity contribution in [2.75, 3.05) is 13.1 Å². The summed E-state index contributed by atoms with van der Waals surface area (Å²) in [5.74, 6) is -0.433. The van der Waals surface area contributed by atoms with Gasteiger partial charge in [-0.3, -0.25) is 14.8 Å². The summed E-state index contributed by atoms with van der Waals surface area (Å²) in [4.78, 5) is 22.4. The van der Waals surface area contributed by atoms with E-state index in [-0.39, 0.29) is 11.5 Å². The van der Waals surface area contributed by atoms with Crippen LogP contribution in [0.5, 0.6) is 0 Å². The molecular formula is C20H18FN3O. The molecule has 0 aliphatic carbocycles. The Hall–Kier alpha value is -2.82. The third-order valence-corrected chi connectivity index (χ3v) is 4.82. The van der Waals surface area contributed by atoms with E-state index in [1.54, 1.807) is 4.90 Å². The average molecular weight is 335 g/mol. The predicted octanol–water partition coefficient (Wildman–Crippen LogP) is 3.47. The Labute approximate surface area is 145 Å². The van der Waals surface area contributed by atoms with E-state index in [0.29, 0.717) is 19.0 Å². The Kier molecular flexibility index (Phi) is 4.14. The zero-order chi connectivity index (χ0) is 17.2. The fourth-order valence-electron chi connectivity index (χ4n) is 3.55. The van der Waals surface area contributed by atoms with Crippen LogP contribution in [0, 0.1) is 11.7 Å². The predicted molar refractivity (Wildman–Crippen MR) is 93.7 cm³/mol. The van der Waals surface area contributed by atoms with Crippen LogP contribution in [0.1, 0.15) is 22.3 Å². The van der Waals surface area contributed by atoms with Crippen molar-refractivity contribution in [1.29, 1.82) is 0 Å². The highest BCUT2D eigenvalue weighted by Crippen LogP contribution is 2.26. The molecule has 1 aromatic carbocycles. The zero-order valence-electron chi connectivity index (χ0n) is 13.7. The lowest BCUT2D eigenvalue weighted by atomic mass is 9.96. The minimum absolute atomic E-state index is 0.102. The first-order chi connectivity index (χ1) is 12.2. The number of likely N-dealkylation sites (tertiary alicyclic amines) is 1. The van der Waals surface area contributed by atoms with Gasteiger partial charge in [0.25, 0.3) is 5.91 Å². The van der Waals surface area contributed by atoms with E-state index in [1.807, 2.05) is 24.4 Å². The zero-order valence-corrected chi connectivity index (χ0v) is 13.7. The fourth-order valence-corrected chi connectivity index (χ4v) is 3.55. The van der Waals surface area contributed by atoms with Gasteiger partial charge < -0.3 is 4.90 Å². The number of hydrogen-bond acceptors (Lipinski definition) is 3. The van der Waals surface area contributed by atoms with Crippen LogP contribution in [0.25, 0.3) is 10.9 Å². The number of benzene rings is 1. The summed E-state index contributed by atoms with van der Waals surface area (Å²) in [6.45, 7) is 1.31. The van der Waals surface area contributed by atoms with Crippen molar-refractivity contribution >= 4 is 16.8 Å². The second-order valence-electron chi connectivity index (χ2n) is 6.45. The number of carbonyl (C=O) groups excluding carboxylic acids is 1. The smallest absolute Gasteiger partial charge is 0.256 e. The van der Waals surface area contributed by atoms with Crippen molar-refractivity contribution in [3.8, 4) is 0 Å². The molecule has 4 rings (SSSR count). The number of aromatic nitrogens is 2. The van der Waals surface area contributed by atoms with Crippen LogP contribution in [0.2, 0.25) is 0 Å². The van der Waals surface area contributed by atoms with Crippen molar-refractivity contribution in [1.82, 2.24) is 14.9 Å². The fraction of sp³-hybridized carbons (Fsp3) is 0.250. The molecule has 5 heteroatoms. The van der Waals surface area contributed by atoms with Crippen molar-refractivity contribution in [3.05, 3.63) is 71.9 Å². The average Bonchev–Trinajstić information content (AvgIpc) is 3.10.